The van der Waals surface area contributed by atoms with Crippen molar-refractivity contribution in [1.82, 2.24) is 19.4 Å². The van der Waals surface area contributed by atoms with E-state index in [4.69, 9.17) is 9.40 Å². The molecule has 2 aromatic carbocycles. The van der Waals surface area contributed by atoms with Crippen LogP contribution in [0.2, 0.25) is 0 Å². The van der Waals surface area contributed by atoms with E-state index in [9.17, 15) is 14.4 Å². The molecule has 1 aliphatic rings. The number of benzene rings is 2. The lowest BCUT2D eigenvalue weighted by Gasteiger charge is -2.22. The van der Waals surface area contributed by atoms with Gasteiger partial charge in [0.05, 0.1) is 23.2 Å². The molecular formula is C31H31N5O4S2. The van der Waals surface area contributed by atoms with Gasteiger partial charge in [0.1, 0.15) is 16.8 Å². The van der Waals surface area contributed by atoms with Crippen LogP contribution in [0.15, 0.2) is 75.2 Å². The minimum atomic E-state index is -0.262. The number of hydrogen-bond donors (Lipinski definition) is 2. The molecule has 6 rings (SSSR count). The lowest BCUT2D eigenvalue weighted by Crippen LogP contribution is -2.37. The Kier molecular flexibility index (Phi) is 8.12. The maximum Gasteiger partial charge on any atom is 0.283 e. The number of nitrogens with one attached hydrogen (secondary N) is 2. The van der Waals surface area contributed by atoms with E-state index in [1.54, 1.807) is 36.8 Å². The largest absolute Gasteiger partial charge is 0.464 e. The fourth-order valence-corrected chi connectivity index (χ4v) is 6.62. The zero-order valence-electron chi connectivity index (χ0n) is 23.4. The van der Waals surface area contributed by atoms with Crippen LogP contribution in [0.1, 0.15) is 32.1 Å². The maximum atomic E-state index is 14.3. The molecule has 1 saturated carbocycles. The van der Waals surface area contributed by atoms with Gasteiger partial charge in [-0.1, -0.05) is 48.9 Å². The second kappa shape index (κ2) is 12.1. The highest BCUT2D eigenvalue weighted by Gasteiger charge is 2.22. The minimum absolute atomic E-state index is 0.0770. The summed E-state index contributed by atoms with van der Waals surface area (Å²) in [6, 6.07) is 16.9. The number of aromatic nitrogens is 3. The van der Waals surface area contributed by atoms with E-state index in [0.717, 1.165) is 59.7 Å². The topological polar surface area (TPSA) is 111 Å². The van der Waals surface area contributed by atoms with Gasteiger partial charge in [-0.05, 0) is 67.6 Å². The molecule has 216 valence electrons. The molecule has 2 N–H and O–H groups in total. The highest BCUT2D eigenvalue weighted by Crippen LogP contribution is 2.32. The fraction of sp³-hybridized carbons (Fsp3) is 0.290. The number of hydrogen-bond acceptors (Lipinski definition) is 7. The summed E-state index contributed by atoms with van der Waals surface area (Å²) in [5.41, 5.74) is 3.58. The zero-order valence-corrected chi connectivity index (χ0v) is 25.0. The second-order valence-corrected chi connectivity index (χ2v) is 12.1. The van der Waals surface area contributed by atoms with Crippen molar-refractivity contribution in [3.05, 3.63) is 71.2 Å². The van der Waals surface area contributed by atoms with E-state index < -0.39 is 0 Å². The first-order chi connectivity index (χ1) is 20.4. The Morgan fingerprint density at radius 2 is 1.90 bits per heavy atom. The molecule has 1 aliphatic carbocycles. The van der Waals surface area contributed by atoms with Crippen molar-refractivity contribution in [3.63, 3.8) is 0 Å². The van der Waals surface area contributed by atoms with Gasteiger partial charge in [-0.25, -0.2) is 4.98 Å². The monoisotopic (exact) mass is 601 g/mol. The number of anilines is 1. The number of amides is 2. The van der Waals surface area contributed by atoms with Crippen LogP contribution in [0.4, 0.5) is 10.5 Å². The summed E-state index contributed by atoms with van der Waals surface area (Å²) < 4.78 is 9.00. The van der Waals surface area contributed by atoms with Gasteiger partial charge in [-0.3, -0.25) is 19.0 Å². The standard InChI is InChI=1S/C31H31N5O4S2/c1-35-24-14-13-19(25-12-7-15-40-25)16-23(24)27-28(35)29(38)36(22-11-6-10-21(17-22)33-31(39)41-2)30(34-27)42-18-26(37)32-20-8-4-3-5-9-20/h6-7,10-17,20H,3-5,8-9,18H2,1-2H3,(H,32,37)(H,33,39). The molecule has 0 atom stereocenters. The molecule has 0 aliphatic heterocycles. The summed E-state index contributed by atoms with van der Waals surface area (Å²) in [5, 5.41) is 7.00. The summed E-state index contributed by atoms with van der Waals surface area (Å²) >= 11 is 2.30. The van der Waals surface area contributed by atoms with Crippen molar-refractivity contribution in [3.8, 4) is 17.0 Å². The van der Waals surface area contributed by atoms with Crippen molar-refractivity contribution in [1.29, 1.82) is 0 Å². The van der Waals surface area contributed by atoms with Crippen LogP contribution in [0.25, 0.3) is 38.9 Å². The SMILES string of the molecule is CSC(=O)Nc1cccc(-n2c(SCC(=O)NC3CCCCC3)nc3c4cc(-c5ccco5)ccc4n(C)c3c2=O)c1. The fourth-order valence-electron chi connectivity index (χ4n) is 5.58. The van der Waals surface area contributed by atoms with Gasteiger partial charge in [0.2, 0.25) is 5.91 Å². The van der Waals surface area contributed by atoms with Crippen molar-refractivity contribution < 1.29 is 14.0 Å². The maximum absolute atomic E-state index is 14.3. The van der Waals surface area contributed by atoms with E-state index in [2.05, 4.69) is 10.6 Å². The number of carbonyl (C=O) groups is 2. The number of rotatable bonds is 7. The molecule has 0 unspecified atom stereocenters. The van der Waals surface area contributed by atoms with Gasteiger partial charge in [0, 0.05) is 29.7 Å². The lowest BCUT2D eigenvalue weighted by molar-refractivity contribution is -0.119. The van der Waals surface area contributed by atoms with E-state index in [0.29, 0.717) is 27.6 Å². The highest BCUT2D eigenvalue weighted by atomic mass is 32.2. The number of furan rings is 1. The number of nitrogens with zero attached hydrogens (tertiary/aromatic N) is 3. The highest BCUT2D eigenvalue weighted by molar-refractivity contribution is 8.13. The lowest BCUT2D eigenvalue weighted by atomic mass is 9.95. The van der Waals surface area contributed by atoms with Gasteiger partial charge in [0.25, 0.3) is 10.8 Å². The Hall–Kier alpha value is -3.96. The third kappa shape index (κ3) is 5.58. The van der Waals surface area contributed by atoms with E-state index in [1.807, 2.05) is 41.9 Å². The average molecular weight is 602 g/mol. The van der Waals surface area contributed by atoms with Gasteiger partial charge < -0.3 is 19.6 Å². The van der Waals surface area contributed by atoms with Crippen LogP contribution < -0.4 is 16.2 Å². The molecule has 0 bridgehead atoms. The summed E-state index contributed by atoms with van der Waals surface area (Å²) in [5.74, 6) is 0.770. The molecule has 0 radical (unpaired) electrons. The Bertz CT molecular complexity index is 1840. The summed E-state index contributed by atoms with van der Waals surface area (Å²) in [7, 11) is 1.85. The van der Waals surface area contributed by atoms with Crippen LogP contribution in [-0.4, -0.2) is 43.3 Å². The zero-order chi connectivity index (χ0) is 29.2. The van der Waals surface area contributed by atoms with Gasteiger partial charge in [-0.15, -0.1) is 0 Å². The molecule has 3 heterocycles. The molecule has 11 heteroatoms. The smallest absolute Gasteiger partial charge is 0.283 e. The van der Waals surface area contributed by atoms with Crippen LogP contribution in [0.3, 0.4) is 0 Å². The quantitative estimate of drug-likeness (QED) is 0.160. The Morgan fingerprint density at radius 3 is 2.67 bits per heavy atom. The number of aryl methyl sites for hydroxylation is 1. The van der Waals surface area contributed by atoms with Crippen molar-refractivity contribution in [2.45, 2.75) is 43.3 Å². The predicted molar refractivity (Wildman–Crippen MR) is 170 cm³/mol. The van der Waals surface area contributed by atoms with Crippen molar-refractivity contribution >= 4 is 62.3 Å². The number of carbonyl (C=O) groups excluding carboxylic acids is 2. The van der Waals surface area contributed by atoms with E-state index in [1.165, 1.54) is 22.7 Å². The van der Waals surface area contributed by atoms with Gasteiger partial charge in [-0.2, -0.15) is 0 Å². The van der Waals surface area contributed by atoms with Crippen LogP contribution in [0.5, 0.6) is 0 Å². The summed E-state index contributed by atoms with van der Waals surface area (Å²) in [4.78, 5) is 44.3. The van der Waals surface area contributed by atoms with Crippen LogP contribution in [0, 0.1) is 0 Å². The average Bonchev–Trinajstić information content (AvgIpc) is 3.64. The van der Waals surface area contributed by atoms with Gasteiger partial charge in [0.15, 0.2) is 5.16 Å². The van der Waals surface area contributed by atoms with Crippen molar-refractivity contribution in [2.24, 2.45) is 7.05 Å². The predicted octanol–water partition coefficient (Wildman–Crippen LogP) is 6.57. The summed E-state index contributed by atoms with van der Waals surface area (Å²) in [6.07, 6.45) is 8.78. The van der Waals surface area contributed by atoms with Gasteiger partial charge >= 0.3 is 0 Å². The Labute approximate surface area is 251 Å². The van der Waals surface area contributed by atoms with Crippen LogP contribution in [-0.2, 0) is 11.8 Å². The van der Waals surface area contributed by atoms with Crippen molar-refractivity contribution in [2.75, 3.05) is 17.3 Å². The normalized spacial score (nSPS) is 14.0. The second-order valence-electron chi connectivity index (χ2n) is 10.4. The minimum Gasteiger partial charge on any atom is -0.464 e. The molecule has 42 heavy (non-hydrogen) atoms. The molecular weight excluding hydrogens is 571 g/mol. The van der Waals surface area contributed by atoms with E-state index in [-0.39, 0.29) is 28.5 Å². The molecule has 0 saturated heterocycles. The number of fused-ring (bicyclic) bond motifs is 3. The Morgan fingerprint density at radius 1 is 1.07 bits per heavy atom. The molecule has 2 amide bonds. The molecule has 0 spiro atoms. The molecule has 3 aromatic heterocycles. The first kappa shape index (κ1) is 28.2. The molecule has 5 aromatic rings. The van der Waals surface area contributed by atoms with Crippen LogP contribution >= 0.6 is 23.5 Å². The molecule has 9 nitrogen and oxygen atoms in total. The first-order valence-electron chi connectivity index (χ1n) is 13.9. The summed E-state index contributed by atoms with van der Waals surface area (Å²) in [6.45, 7) is 0. The number of thioether (sulfide) groups is 2. The third-order valence-electron chi connectivity index (χ3n) is 7.62. The molecule has 1 fully saturated rings. The Balaban J connectivity index is 1.46. The first-order valence-corrected chi connectivity index (χ1v) is 16.1. The van der Waals surface area contributed by atoms with E-state index >= 15 is 0 Å². The third-order valence-corrected chi connectivity index (χ3v) is 9.03.